The largest absolute Gasteiger partial charge is 0.488 e. The van der Waals surface area contributed by atoms with Gasteiger partial charge in [0, 0.05) is 23.3 Å². The maximum Gasteiger partial charge on any atom is 0.129 e. The number of nitrogens with one attached hydrogen (secondary N) is 1. The number of pyridine rings is 2. The molecule has 0 atom stereocenters. The molecule has 26 heavy (non-hydrogen) atoms. The number of benzene rings is 1. The number of ether oxygens (including phenoxy) is 1. The molecule has 1 N–H and O–H groups in total. The van der Waals surface area contributed by atoms with Crippen LogP contribution in [0, 0.1) is 6.92 Å². The van der Waals surface area contributed by atoms with Gasteiger partial charge in [0.05, 0.1) is 12.1 Å². The zero-order chi connectivity index (χ0) is 17.8. The molecule has 4 rings (SSSR count). The highest BCUT2D eigenvalue weighted by Crippen LogP contribution is 2.26. The predicted molar refractivity (Wildman–Crippen MR) is 101 cm³/mol. The van der Waals surface area contributed by atoms with Crippen LogP contribution in [0.15, 0.2) is 71.4 Å². The first-order valence-electron chi connectivity index (χ1n) is 8.48. The van der Waals surface area contributed by atoms with Crippen LogP contribution in [0.4, 0.5) is 5.82 Å². The molecule has 0 fully saturated rings. The smallest absolute Gasteiger partial charge is 0.129 e. The third-order valence-electron chi connectivity index (χ3n) is 4.05. The quantitative estimate of drug-likeness (QED) is 0.548. The predicted octanol–water partition coefficient (Wildman–Crippen LogP) is 4.72. The van der Waals surface area contributed by atoms with Gasteiger partial charge in [0.25, 0.3) is 0 Å². The second-order valence-electron chi connectivity index (χ2n) is 6.04. The lowest BCUT2D eigenvalue weighted by Gasteiger charge is -2.10. The van der Waals surface area contributed by atoms with E-state index in [9.17, 15) is 0 Å². The normalized spacial score (nSPS) is 10.8. The number of hydrogen-bond donors (Lipinski definition) is 1. The van der Waals surface area contributed by atoms with Gasteiger partial charge in [0.1, 0.15) is 29.7 Å². The topological polar surface area (TPSA) is 60.2 Å². The third-order valence-corrected chi connectivity index (χ3v) is 4.05. The fraction of sp³-hybridized carbons (Fsp3) is 0.143. The van der Waals surface area contributed by atoms with Crippen LogP contribution in [0.3, 0.4) is 0 Å². The van der Waals surface area contributed by atoms with Gasteiger partial charge in [-0.1, -0.05) is 12.1 Å². The number of aryl methyl sites for hydroxylation is 1. The zero-order valence-corrected chi connectivity index (χ0v) is 14.5. The van der Waals surface area contributed by atoms with Crippen molar-refractivity contribution in [2.24, 2.45) is 0 Å². The first kappa shape index (κ1) is 16.1. The van der Waals surface area contributed by atoms with Crippen molar-refractivity contribution in [3.05, 3.63) is 84.1 Å². The Morgan fingerprint density at radius 3 is 2.81 bits per heavy atom. The summed E-state index contributed by atoms with van der Waals surface area (Å²) < 4.78 is 11.5. The Kier molecular flexibility index (Phi) is 4.51. The van der Waals surface area contributed by atoms with Crippen molar-refractivity contribution < 1.29 is 9.15 Å². The highest BCUT2D eigenvalue weighted by Gasteiger charge is 2.06. The number of fused-ring (bicyclic) bond motifs is 1. The fourth-order valence-corrected chi connectivity index (χ4v) is 2.75. The Morgan fingerprint density at radius 2 is 2.00 bits per heavy atom. The molecule has 0 aliphatic carbocycles. The average Bonchev–Trinajstić information content (AvgIpc) is 3.10. The minimum absolute atomic E-state index is 0.477. The number of aromatic nitrogens is 2. The molecule has 5 nitrogen and oxygen atoms in total. The molecule has 0 unspecified atom stereocenters. The first-order valence-corrected chi connectivity index (χ1v) is 8.48. The zero-order valence-electron chi connectivity index (χ0n) is 14.5. The van der Waals surface area contributed by atoms with Gasteiger partial charge >= 0.3 is 0 Å². The Hall–Kier alpha value is -3.34. The lowest BCUT2D eigenvalue weighted by molar-refractivity contribution is 0.309. The summed E-state index contributed by atoms with van der Waals surface area (Å²) in [4.78, 5) is 8.78. The molecule has 0 saturated carbocycles. The number of hydrogen-bond acceptors (Lipinski definition) is 5. The molecule has 5 heteroatoms. The summed E-state index contributed by atoms with van der Waals surface area (Å²) >= 11 is 0. The van der Waals surface area contributed by atoms with Crippen LogP contribution in [0.5, 0.6) is 5.75 Å². The van der Waals surface area contributed by atoms with Crippen molar-refractivity contribution >= 4 is 16.7 Å². The van der Waals surface area contributed by atoms with E-state index in [0.717, 1.165) is 39.6 Å². The van der Waals surface area contributed by atoms with Gasteiger partial charge < -0.3 is 14.5 Å². The molecule has 0 aliphatic heterocycles. The van der Waals surface area contributed by atoms with Gasteiger partial charge in [0.15, 0.2) is 0 Å². The molecule has 4 aromatic rings. The summed E-state index contributed by atoms with van der Waals surface area (Å²) in [6.45, 7) is 3.01. The van der Waals surface area contributed by atoms with Crippen molar-refractivity contribution in [2.75, 3.05) is 5.32 Å². The third kappa shape index (κ3) is 3.67. The van der Waals surface area contributed by atoms with Crippen molar-refractivity contribution in [3.63, 3.8) is 0 Å². The number of nitrogens with zero attached hydrogens (tertiary/aromatic N) is 2. The van der Waals surface area contributed by atoms with Crippen molar-refractivity contribution in [2.45, 2.75) is 20.1 Å². The van der Waals surface area contributed by atoms with Crippen LogP contribution >= 0.6 is 0 Å². The van der Waals surface area contributed by atoms with Gasteiger partial charge in [-0.25, -0.2) is 4.98 Å². The molecule has 0 bridgehead atoms. The van der Waals surface area contributed by atoms with Crippen LogP contribution in [0.2, 0.25) is 0 Å². The lowest BCUT2D eigenvalue weighted by Crippen LogP contribution is -2.01. The van der Waals surface area contributed by atoms with E-state index in [1.807, 2.05) is 67.7 Å². The summed E-state index contributed by atoms with van der Waals surface area (Å²) in [6, 6.07) is 17.7. The van der Waals surface area contributed by atoms with E-state index >= 15 is 0 Å². The number of rotatable bonds is 6. The molecule has 0 radical (unpaired) electrons. The summed E-state index contributed by atoms with van der Waals surface area (Å²) in [5.74, 6) is 3.41. The van der Waals surface area contributed by atoms with Gasteiger partial charge in [-0.3, -0.25) is 4.98 Å². The molecular weight excluding hydrogens is 326 g/mol. The SMILES string of the molecule is Cc1ccc(CNc2ccc3c(OCc4cccnc4)cccc3n2)o1. The highest BCUT2D eigenvalue weighted by atomic mass is 16.5. The first-order chi connectivity index (χ1) is 12.8. The van der Waals surface area contributed by atoms with Gasteiger partial charge in [0.2, 0.25) is 0 Å². The summed E-state index contributed by atoms with van der Waals surface area (Å²) in [5, 5.41) is 4.27. The highest BCUT2D eigenvalue weighted by molar-refractivity contribution is 5.86. The minimum atomic E-state index is 0.477. The second-order valence-corrected chi connectivity index (χ2v) is 6.04. The molecule has 0 aliphatic rings. The molecular formula is C21H19N3O2. The Balaban J connectivity index is 1.49. The van der Waals surface area contributed by atoms with Crippen LogP contribution in [-0.4, -0.2) is 9.97 Å². The minimum Gasteiger partial charge on any atom is -0.488 e. The van der Waals surface area contributed by atoms with Crippen molar-refractivity contribution in [1.82, 2.24) is 9.97 Å². The summed E-state index contributed by atoms with van der Waals surface area (Å²) in [7, 11) is 0. The van der Waals surface area contributed by atoms with E-state index in [1.165, 1.54) is 0 Å². The molecule has 0 amide bonds. The van der Waals surface area contributed by atoms with E-state index in [0.29, 0.717) is 13.2 Å². The van der Waals surface area contributed by atoms with Gasteiger partial charge in [-0.2, -0.15) is 0 Å². The monoisotopic (exact) mass is 345 g/mol. The fourth-order valence-electron chi connectivity index (χ4n) is 2.75. The Morgan fingerprint density at radius 1 is 1.04 bits per heavy atom. The van der Waals surface area contributed by atoms with Crippen LogP contribution in [0.25, 0.3) is 10.9 Å². The van der Waals surface area contributed by atoms with Crippen LogP contribution in [0.1, 0.15) is 17.1 Å². The molecule has 3 aromatic heterocycles. The molecule has 1 aromatic carbocycles. The Labute approximate surface area is 151 Å². The summed E-state index contributed by atoms with van der Waals surface area (Å²) in [5.41, 5.74) is 1.92. The molecule has 3 heterocycles. The molecule has 130 valence electrons. The maximum atomic E-state index is 5.96. The Bertz CT molecular complexity index is 1010. The van der Waals surface area contributed by atoms with Crippen molar-refractivity contribution in [1.29, 1.82) is 0 Å². The van der Waals surface area contributed by atoms with E-state index < -0.39 is 0 Å². The molecule has 0 saturated heterocycles. The van der Waals surface area contributed by atoms with Gasteiger partial charge in [-0.15, -0.1) is 0 Å². The molecule has 0 spiro atoms. The van der Waals surface area contributed by atoms with E-state index in [4.69, 9.17) is 9.15 Å². The second kappa shape index (κ2) is 7.27. The number of anilines is 1. The standard InChI is InChI=1S/C21H19N3O2/c1-15-7-8-17(26-15)13-23-21-10-9-18-19(24-21)5-2-6-20(18)25-14-16-4-3-11-22-12-16/h2-12H,13-14H2,1H3,(H,23,24). The average molecular weight is 345 g/mol. The van der Waals surface area contributed by atoms with Gasteiger partial charge in [-0.05, 0) is 49.4 Å². The number of furan rings is 1. The summed E-state index contributed by atoms with van der Waals surface area (Å²) in [6.07, 6.45) is 3.56. The van der Waals surface area contributed by atoms with E-state index in [-0.39, 0.29) is 0 Å². The maximum absolute atomic E-state index is 5.96. The van der Waals surface area contributed by atoms with Crippen molar-refractivity contribution in [3.8, 4) is 5.75 Å². The lowest BCUT2D eigenvalue weighted by atomic mass is 10.2. The van der Waals surface area contributed by atoms with E-state index in [2.05, 4.69) is 15.3 Å². The van der Waals surface area contributed by atoms with E-state index in [1.54, 1.807) is 6.20 Å². The van der Waals surface area contributed by atoms with Crippen LogP contribution < -0.4 is 10.1 Å². The van der Waals surface area contributed by atoms with Crippen LogP contribution in [-0.2, 0) is 13.2 Å².